The summed E-state index contributed by atoms with van der Waals surface area (Å²) >= 11 is 0. The molecule has 0 bridgehead atoms. The van der Waals surface area contributed by atoms with Crippen molar-refractivity contribution in [1.29, 1.82) is 0 Å². The SMILES string of the molecule is CC(C)c1cc(C2CCCCC2)co1. The molecule has 1 heterocycles. The number of rotatable bonds is 2. The summed E-state index contributed by atoms with van der Waals surface area (Å²) in [4.78, 5) is 0. The Balaban J connectivity index is 2.07. The van der Waals surface area contributed by atoms with Gasteiger partial charge in [0.25, 0.3) is 0 Å². The Bertz CT molecular complexity index is 279. The van der Waals surface area contributed by atoms with Crippen LogP contribution in [-0.4, -0.2) is 0 Å². The van der Waals surface area contributed by atoms with Crippen LogP contribution in [0.25, 0.3) is 0 Å². The average Bonchev–Trinajstić information content (AvgIpc) is 2.68. The van der Waals surface area contributed by atoms with Crippen molar-refractivity contribution in [1.82, 2.24) is 0 Å². The van der Waals surface area contributed by atoms with Gasteiger partial charge in [0.15, 0.2) is 0 Å². The monoisotopic (exact) mass is 192 g/mol. The van der Waals surface area contributed by atoms with Crippen LogP contribution in [0.1, 0.15) is 69.1 Å². The third-order valence-electron chi connectivity index (χ3n) is 3.29. The molecule has 0 amide bonds. The topological polar surface area (TPSA) is 13.1 Å². The van der Waals surface area contributed by atoms with Crippen molar-refractivity contribution >= 4 is 0 Å². The zero-order valence-electron chi connectivity index (χ0n) is 9.25. The fourth-order valence-corrected chi connectivity index (χ4v) is 2.32. The highest BCUT2D eigenvalue weighted by Gasteiger charge is 2.18. The van der Waals surface area contributed by atoms with Crippen LogP contribution in [0.3, 0.4) is 0 Å². The summed E-state index contributed by atoms with van der Waals surface area (Å²) < 4.78 is 5.58. The van der Waals surface area contributed by atoms with E-state index in [2.05, 4.69) is 19.9 Å². The summed E-state index contributed by atoms with van der Waals surface area (Å²) in [5.41, 5.74) is 1.44. The molecule has 1 aromatic heterocycles. The molecule has 1 saturated carbocycles. The number of hydrogen-bond donors (Lipinski definition) is 0. The van der Waals surface area contributed by atoms with Crippen molar-refractivity contribution in [2.24, 2.45) is 0 Å². The fourth-order valence-electron chi connectivity index (χ4n) is 2.32. The van der Waals surface area contributed by atoms with Gasteiger partial charge in [-0.15, -0.1) is 0 Å². The van der Waals surface area contributed by atoms with Crippen LogP contribution >= 0.6 is 0 Å². The Hall–Kier alpha value is -0.720. The second kappa shape index (κ2) is 4.20. The first kappa shape index (κ1) is 9.82. The van der Waals surface area contributed by atoms with E-state index in [0.29, 0.717) is 5.92 Å². The van der Waals surface area contributed by atoms with E-state index in [9.17, 15) is 0 Å². The Kier molecular flexibility index (Phi) is 2.95. The van der Waals surface area contributed by atoms with Crippen molar-refractivity contribution in [2.75, 3.05) is 0 Å². The van der Waals surface area contributed by atoms with Gasteiger partial charge in [0.2, 0.25) is 0 Å². The van der Waals surface area contributed by atoms with Crippen molar-refractivity contribution in [3.63, 3.8) is 0 Å². The minimum absolute atomic E-state index is 0.521. The smallest absolute Gasteiger partial charge is 0.106 e. The summed E-state index contributed by atoms with van der Waals surface area (Å²) in [6, 6.07) is 2.26. The van der Waals surface area contributed by atoms with E-state index in [0.717, 1.165) is 11.7 Å². The maximum atomic E-state index is 5.58. The van der Waals surface area contributed by atoms with Crippen molar-refractivity contribution in [2.45, 2.75) is 57.8 Å². The molecule has 78 valence electrons. The first-order chi connectivity index (χ1) is 6.77. The molecule has 0 atom stereocenters. The molecule has 0 unspecified atom stereocenters. The highest BCUT2D eigenvalue weighted by atomic mass is 16.3. The molecule has 1 aliphatic rings. The predicted octanol–water partition coefficient (Wildman–Crippen LogP) is 4.45. The zero-order chi connectivity index (χ0) is 9.97. The lowest BCUT2D eigenvalue weighted by molar-refractivity contribution is 0.436. The highest BCUT2D eigenvalue weighted by molar-refractivity contribution is 5.19. The molecule has 0 aromatic carbocycles. The minimum Gasteiger partial charge on any atom is -0.469 e. The van der Waals surface area contributed by atoms with Gasteiger partial charge in [-0.25, -0.2) is 0 Å². The highest BCUT2D eigenvalue weighted by Crippen LogP contribution is 2.34. The van der Waals surface area contributed by atoms with Crippen LogP contribution in [0.15, 0.2) is 16.7 Å². The third-order valence-corrected chi connectivity index (χ3v) is 3.29. The second-order valence-corrected chi connectivity index (χ2v) is 4.77. The van der Waals surface area contributed by atoms with Gasteiger partial charge in [-0.2, -0.15) is 0 Å². The standard InChI is InChI=1S/C13H20O/c1-10(2)13-8-12(9-14-13)11-6-4-3-5-7-11/h8-11H,3-7H2,1-2H3. The van der Waals surface area contributed by atoms with E-state index in [1.807, 2.05) is 6.26 Å². The van der Waals surface area contributed by atoms with Crippen LogP contribution in [-0.2, 0) is 0 Å². The molecule has 1 heteroatoms. The molecule has 0 spiro atoms. The Labute approximate surface area is 86.5 Å². The molecule has 0 N–H and O–H groups in total. The minimum atomic E-state index is 0.521. The van der Waals surface area contributed by atoms with E-state index in [1.54, 1.807) is 0 Å². The van der Waals surface area contributed by atoms with E-state index in [1.165, 1.54) is 37.7 Å². The molecule has 1 nitrogen and oxygen atoms in total. The quantitative estimate of drug-likeness (QED) is 0.674. The number of furan rings is 1. The van der Waals surface area contributed by atoms with E-state index >= 15 is 0 Å². The molecule has 2 rings (SSSR count). The van der Waals surface area contributed by atoms with Gasteiger partial charge in [-0.05, 0) is 30.4 Å². The van der Waals surface area contributed by atoms with Crippen LogP contribution in [0.5, 0.6) is 0 Å². The Morgan fingerprint density at radius 2 is 1.93 bits per heavy atom. The van der Waals surface area contributed by atoms with Crippen molar-refractivity contribution in [3.05, 3.63) is 23.7 Å². The summed E-state index contributed by atoms with van der Waals surface area (Å²) in [6.45, 7) is 4.37. The van der Waals surface area contributed by atoms with Gasteiger partial charge in [0.1, 0.15) is 5.76 Å². The van der Waals surface area contributed by atoms with Crippen LogP contribution in [0, 0.1) is 0 Å². The Morgan fingerprint density at radius 3 is 2.50 bits per heavy atom. The normalized spacial score (nSPS) is 19.1. The maximum Gasteiger partial charge on any atom is 0.106 e. The van der Waals surface area contributed by atoms with Gasteiger partial charge >= 0.3 is 0 Å². The molecule has 0 saturated heterocycles. The van der Waals surface area contributed by atoms with Gasteiger partial charge in [0.05, 0.1) is 6.26 Å². The maximum absolute atomic E-state index is 5.58. The third kappa shape index (κ3) is 2.02. The van der Waals surface area contributed by atoms with Crippen molar-refractivity contribution < 1.29 is 4.42 Å². The summed E-state index contributed by atoms with van der Waals surface area (Å²) in [5, 5.41) is 0. The van der Waals surface area contributed by atoms with Gasteiger partial charge in [-0.3, -0.25) is 0 Å². The van der Waals surface area contributed by atoms with E-state index < -0.39 is 0 Å². The van der Waals surface area contributed by atoms with Crippen LogP contribution < -0.4 is 0 Å². The second-order valence-electron chi connectivity index (χ2n) is 4.77. The van der Waals surface area contributed by atoms with Gasteiger partial charge in [-0.1, -0.05) is 33.1 Å². The fraction of sp³-hybridized carbons (Fsp3) is 0.692. The molecule has 1 aromatic rings. The lowest BCUT2D eigenvalue weighted by atomic mass is 9.85. The summed E-state index contributed by atoms with van der Waals surface area (Å²) in [6.07, 6.45) is 8.91. The molecule has 1 fully saturated rings. The molecular weight excluding hydrogens is 172 g/mol. The largest absolute Gasteiger partial charge is 0.469 e. The van der Waals surface area contributed by atoms with E-state index in [-0.39, 0.29) is 0 Å². The van der Waals surface area contributed by atoms with E-state index in [4.69, 9.17) is 4.42 Å². The lowest BCUT2D eigenvalue weighted by Gasteiger charge is -2.19. The summed E-state index contributed by atoms with van der Waals surface area (Å²) in [5.74, 6) is 2.44. The number of hydrogen-bond acceptors (Lipinski definition) is 1. The molecule has 1 aliphatic carbocycles. The molecular formula is C13H20O. The van der Waals surface area contributed by atoms with Gasteiger partial charge < -0.3 is 4.42 Å². The first-order valence-corrected chi connectivity index (χ1v) is 5.85. The van der Waals surface area contributed by atoms with Crippen LogP contribution in [0.2, 0.25) is 0 Å². The molecule has 0 aliphatic heterocycles. The Morgan fingerprint density at radius 1 is 1.21 bits per heavy atom. The zero-order valence-corrected chi connectivity index (χ0v) is 9.25. The predicted molar refractivity (Wildman–Crippen MR) is 58.6 cm³/mol. The van der Waals surface area contributed by atoms with Crippen molar-refractivity contribution in [3.8, 4) is 0 Å². The lowest BCUT2D eigenvalue weighted by Crippen LogP contribution is -2.03. The van der Waals surface area contributed by atoms with Crippen LogP contribution in [0.4, 0.5) is 0 Å². The van der Waals surface area contributed by atoms with Gasteiger partial charge in [0, 0.05) is 5.92 Å². The molecule has 14 heavy (non-hydrogen) atoms. The summed E-state index contributed by atoms with van der Waals surface area (Å²) in [7, 11) is 0. The first-order valence-electron chi connectivity index (χ1n) is 5.85. The average molecular weight is 192 g/mol. The molecule has 0 radical (unpaired) electrons.